The van der Waals surface area contributed by atoms with Crippen molar-refractivity contribution in [2.45, 2.75) is 19.9 Å². The molecular formula is C19H18ClN3O3. The zero-order valence-electron chi connectivity index (χ0n) is 14.4. The van der Waals surface area contributed by atoms with Gasteiger partial charge in [0.1, 0.15) is 6.04 Å². The van der Waals surface area contributed by atoms with Gasteiger partial charge >= 0.3 is 5.97 Å². The molecule has 0 radical (unpaired) electrons. The Bertz CT molecular complexity index is 968. The molecule has 1 N–H and O–H groups in total. The molecular weight excluding hydrogens is 354 g/mol. The highest BCUT2D eigenvalue weighted by Crippen LogP contribution is 2.26. The maximum absolute atomic E-state index is 12.6. The maximum atomic E-state index is 12.6. The molecule has 0 spiro atoms. The van der Waals surface area contributed by atoms with Crippen LogP contribution in [0.2, 0.25) is 5.02 Å². The highest BCUT2D eigenvalue weighted by atomic mass is 35.5. The number of esters is 1. The number of benzene rings is 2. The molecule has 2 aromatic carbocycles. The molecule has 3 rings (SSSR count). The fraction of sp³-hybridized carbons (Fsp3) is 0.211. The van der Waals surface area contributed by atoms with E-state index in [-0.39, 0.29) is 18.5 Å². The highest BCUT2D eigenvalue weighted by molar-refractivity contribution is 6.31. The fourth-order valence-corrected chi connectivity index (χ4v) is 2.89. The van der Waals surface area contributed by atoms with Crippen LogP contribution >= 0.6 is 11.6 Å². The number of carbonyl (C=O) groups excluding carboxylic acids is 2. The number of rotatable bonds is 5. The van der Waals surface area contributed by atoms with Crippen LogP contribution in [0.1, 0.15) is 30.2 Å². The summed E-state index contributed by atoms with van der Waals surface area (Å²) in [5.41, 5.74) is 1.80. The first-order chi connectivity index (χ1) is 12.5. The van der Waals surface area contributed by atoms with Crippen LogP contribution < -0.4 is 5.32 Å². The predicted octanol–water partition coefficient (Wildman–Crippen LogP) is 4.07. The Labute approximate surface area is 155 Å². The molecule has 6 nitrogen and oxygen atoms in total. The number of imidazole rings is 1. The molecule has 1 amide bonds. The summed E-state index contributed by atoms with van der Waals surface area (Å²) in [5.74, 6) is -0.481. The zero-order valence-corrected chi connectivity index (χ0v) is 15.2. The number of halogens is 1. The lowest BCUT2D eigenvalue weighted by atomic mass is 10.2. The Hall–Kier alpha value is -2.86. The monoisotopic (exact) mass is 371 g/mol. The molecule has 7 heteroatoms. The minimum Gasteiger partial charge on any atom is -0.464 e. The average molecular weight is 372 g/mol. The Morgan fingerprint density at radius 3 is 2.73 bits per heavy atom. The third-order valence-corrected chi connectivity index (χ3v) is 4.16. The van der Waals surface area contributed by atoms with Crippen LogP contribution in [0.5, 0.6) is 0 Å². The van der Waals surface area contributed by atoms with E-state index in [0.29, 0.717) is 16.1 Å². The van der Waals surface area contributed by atoms with Gasteiger partial charge in [-0.05, 0) is 44.2 Å². The van der Waals surface area contributed by atoms with Gasteiger partial charge in [0.05, 0.1) is 17.6 Å². The molecule has 0 bridgehead atoms. The van der Waals surface area contributed by atoms with E-state index in [0.717, 1.165) is 5.52 Å². The van der Waals surface area contributed by atoms with Crippen LogP contribution in [0.3, 0.4) is 0 Å². The van der Waals surface area contributed by atoms with E-state index in [1.807, 2.05) is 24.3 Å². The molecule has 0 aliphatic carbocycles. The van der Waals surface area contributed by atoms with Crippen LogP contribution in [-0.2, 0) is 9.53 Å². The Balaban J connectivity index is 2.01. The van der Waals surface area contributed by atoms with E-state index in [1.165, 1.54) is 0 Å². The average Bonchev–Trinajstić information content (AvgIpc) is 2.99. The predicted molar refractivity (Wildman–Crippen MR) is 100 cm³/mol. The first-order valence-corrected chi connectivity index (χ1v) is 8.59. The Morgan fingerprint density at radius 1 is 1.23 bits per heavy atom. The van der Waals surface area contributed by atoms with Gasteiger partial charge in [0.25, 0.3) is 5.91 Å². The second-order valence-electron chi connectivity index (χ2n) is 5.69. The van der Waals surface area contributed by atoms with Crippen molar-refractivity contribution in [3.63, 3.8) is 0 Å². The first kappa shape index (κ1) is 17.9. The standard InChI is InChI=1S/C19H18ClN3O3/c1-3-26-18(25)12(2)23-16-10-5-4-9-15(16)21-19(23)22-17(24)13-7-6-8-14(20)11-13/h4-12H,3H2,1-2H3,(H,21,22,24). The molecule has 1 atom stereocenters. The van der Waals surface area contributed by atoms with E-state index >= 15 is 0 Å². The van der Waals surface area contributed by atoms with Gasteiger partial charge in [-0.25, -0.2) is 9.78 Å². The second-order valence-corrected chi connectivity index (χ2v) is 6.12. The maximum Gasteiger partial charge on any atom is 0.328 e. The van der Waals surface area contributed by atoms with Crippen LogP contribution in [0, 0.1) is 0 Å². The van der Waals surface area contributed by atoms with Crippen molar-refractivity contribution in [2.24, 2.45) is 0 Å². The van der Waals surface area contributed by atoms with Crippen molar-refractivity contribution in [2.75, 3.05) is 11.9 Å². The summed E-state index contributed by atoms with van der Waals surface area (Å²) in [6.45, 7) is 3.74. The van der Waals surface area contributed by atoms with Crippen molar-refractivity contribution < 1.29 is 14.3 Å². The topological polar surface area (TPSA) is 73.2 Å². The second kappa shape index (κ2) is 7.58. The fourth-order valence-electron chi connectivity index (χ4n) is 2.70. The third kappa shape index (κ3) is 3.55. The first-order valence-electron chi connectivity index (χ1n) is 8.21. The third-order valence-electron chi connectivity index (χ3n) is 3.92. The zero-order chi connectivity index (χ0) is 18.7. The summed E-state index contributed by atoms with van der Waals surface area (Å²) in [7, 11) is 0. The molecule has 0 aliphatic heterocycles. The minimum atomic E-state index is -0.642. The lowest BCUT2D eigenvalue weighted by molar-refractivity contribution is -0.146. The molecule has 0 saturated heterocycles. The Morgan fingerprint density at radius 2 is 2.00 bits per heavy atom. The number of ether oxygens (including phenoxy) is 1. The van der Waals surface area contributed by atoms with Crippen molar-refractivity contribution in [1.82, 2.24) is 9.55 Å². The Kier molecular flexibility index (Phi) is 5.23. The van der Waals surface area contributed by atoms with E-state index in [1.54, 1.807) is 42.7 Å². The molecule has 0 fully saturated rings. The normalized spacial score (nSPS) is 12.0. The summed E-state index contributed by atoms with van der Waals surface area (Å²) in [6, 6.07) is 13.3. The molecule has 1 heterocycles. The molecule has 3 aromatic rings. The number of para-hydroxylation sites is 2. The van der Waals surface area contributed by atoms with E-state index in [4.69, 9.17) is 16.3 Å². The number of aromatic nitrogens is 2. The number of hydrogen-bond acceptors (Lipinski definition) is 4. The minimum absolute atomic E-state index is 0.275. The van der Waals surface area contributed by atoms with Gasteiger partial charge in [-0.1, -0.05) is 29.8 Å². The summed E-state index contributed by atoms with van der Waals surface area (Å²) in [4.78, 5) is 29.3. The lowest BCUT2D eigenvalue weighted by Crippen LogP contribution is -2.23. The van der Waals surface area contributed by atoms with Gasteiger partial charge in [-0.3, -0.25) is 14.7 Å². The number of amides is 1. The summed E-state index contributed by atoms with van der Waals surface area (Å²) in [5, 5.41) is 3.23. The SMILES string of the molecule is CCOC(=O)C(C)n1c(NC(=O)c2cccc(Cl)c2)nc2ccccc21. The van der Waals surface area contributed by atoms with Gasteiger partial charge in [-0.15, -0.1) is 0 Å². The van der Waals surface area contributed by atoms with E-state index in [2.05, 4.69) is 10.3 Å². The number of nitrogens with zero attached hydrogens (tertiary/aromatic N) is 2. The highest BCUT2D eigenvalue weighted by Gasteiger charge is 2.23. The van der Waals surface area contributed by atoms with Crippen molar-refractivity contribution >= 4 is 40.5 Å². The van der Waals surface area contributed by atoms with E-state index in [9.17, 15) is 9.59 Å². The van der Waals surface area contributed by atoms with Crippen LogP contribution in [0.15, 0.2) is 48.5 Å². The largest absolute Gasteiger partial charge is 0.464 e. The molecule has 1 unspecified atom stereocenters. The van der Waals surface area contributed by atoms with Crippen molar-refractivity contribution in [1.29, 1.82) is 0 Å². The molecule has 26 heavy (non-hydrogen) atoms. The van der Waals surface area contributed by atoms with Crippen LogP contribution in [0.25, 0.3) is 11.0 Å². The number of fused-ring (bicyclic) bond motifs is 1. The van der Waals surface area contributed by atoms with Gasteiger partial charge in [0, 0.05) is 10.6 Å². The summed E-state index contributed by atoms with van der Waals surface area (Å²) < 4.78 is 6.78. The van der Waals surface area contributed by atoms with Crippen molar-refractivity contribution in [3.8, 4) is 0 Å². The van der Waals surface area contributed by atoms with Crippen LogP contribution in [0.4, 0.5) is 5.95 Å². The lowest BCUT2D eigenvalue weighted by Gasteiger charge is -2.16. The van der Waals surface area contributed by atoms with Gasteiger partial charge in [0.15, 0.2) is 0 Å². The molecule has 0 aliphatic rings. The van der Waals surface area contributed by atoms with Crippen molar-refractivity contribution in [3.05, 3.63) is 59.1 Å². The summed E-state index contributed by atoms with van der Waals surface area (Å²) >= 11 is 5.95. The molecule has 1 aromatic heterocycles. The number of anilines is 1. The number of hydrogen-bond donors (Lipinski definition) is 1. The molecule has 134 valence electrons. The van der Waals surface area contributed by atoms with Gasteiger partial charge < -0.3 is 4.74 Å². The summed E-state index contributed by atoms with van der Waals surface area (Å²) in [6.07, 6.45) is 0. The van der Waals surface area contributed by atoms with E-state index < -0.39 is 12.0 Å². The smallest absolute Gasteiger partial charge is 0.328 e. The van der Waals surface area contributed by atoms with Crippen LogP contribution in [-0.4, -0.2) is 28.0 Å². The number of nitrogens with one attached hydrogen (secondary N) is 1. The number of carbonyl (C=O) groups is 2. The molecule has 0 saturated carbocycles. The van der Waals surface area contributed by atoms with Gasteiger partial charge in [0.2, 0.25) is 5.95 Å². The quantitative estimate of drug-likeness (QED) is 0.686. The van der Waals surface area contributed by atoms with Gasteiger partial charge in [-0.2, -0.15) is 0 Å².